The van der Waals surface area contributed by atoms with Crippen LogP contribution in [0.5, 0.6) is 5.75 Å². The fraction of sp³-hybridized carbons (Fsp3) is 0.0968. The maximum absolute atomic E-state index is 6.92. The van der Waals surface area contributed by atoms with Crippen molar-refractivity contribution >= 4 is 22.1 Å². The van der Waals surface area contributed by atoms with Gasteiger partial charge in [-0.2, -0.15) is 0 Å². The highest BCUT2D eigenvalue weighted by molar-refractivity contribution is 6.02. The van der Waals surface area contributed by atoms with E-state index in [0.29, 0.717) is 0 Å². The normalized spacial score (nSPS) is 17.9. The van der Waals surface area contributed by atoms with Gasteiger partial charge in [0.25, 0.3) is 0 Å². The summed E-state index contributed by atoms with van der Waals surface area (Å²) in [6.07, 6.45) is 6.98. The number of benzene rings is 9. The molecule has 1 spiro atoms. The second kappa shape index (κ2) is 12.9. The first-order valence-corrected chi connectivity index (χ1v) is 22.7. The molecule has 64 heavy (non-hydrogen) atoms. The summed E-state index contributed by atoms with van der Waals surface area (Å²) in [7, 11) is 0. The summed E-state index contributed by atoms with van der Waals surface area (Å²) in [5.41, 5.74) is 22.5. The van der Waals surface area contributed by atoms with E-state index in [1.165, 1.54) is 94.2 Å². The molecule has 0 saturated carbocycles. The van der Waals surface area contributed by atoms with E-state index in [1.807, 2.05) is 0 Å². The molecule has 9 aromatic carbocycles. The molecule has 9 aromatic rings. The van der Waals surface area contributed by atoms with Crippen LogP contribution < -0.4 is 9.64 Å². The summed E-state index contributed by atoms with van der Waals surface area (Å²) in [4.78, 5) is 2.52. The quantitative estimate of drug-likeness (QED) is 0.175. The van der Waals surface area contributed by atoms with Gasteiger partial charge in [-0.1, -0.05) is 178 Å². The van der Waals surface area contributed by atoms with Crippen molar-refractivity contribution in [3.8, 4) is 50.3 Å². The van der Waals surface area contributed by atoms with Gasteiger partial charge in [0.1, 0.15) is 11.9 Å². The van der Waals surface area contributed by atoms with Crippen LogP contribution in [0.4, 0.5) is 11.4 Å². The zero-order valence-electron chi connectivity index (χ0n) is 35.7. The van der Waals surface area contributed by atoms with Crippen molar-refractivity contribution in [2.75, 3.05) is 4.90 Å². The summed E-state index contributed by atoms with van der Waals surface area (Å²) >= 11 is 0. The van der Waals surface area contributed by atoms with Crippen molar-refractivity contribution < 1.29 is 4.74 Å². The highest BCUT2D eigenvalue weighted by Gasteiger charge is 2.52. The molecule has 2 nitrogen and oxygen atoms in total. The Balaban J connectivity index is 0.998. The van der Waals surface area contributed by atoms with Gasteiger partial charge in [-0.05, 0) is 137 Å². The Bertz CT molecular complexity index is 3470. The molecule has 1 heterocycles. The van der Waals surface area contributed by atoms with E-state index in [4.69, 9.17) is 4.74 Å². The largest absolute Gasteiger partial charge is 0.485 e. The molecular formula is C62H43NO. The van der Waals surface area contributed by atoms with Gasteiger partial charge in [-0.15, -0.1) is 0 Å². The number of anilines is 2. The number of hydrogen-bond donors (Lipinski definition) is 0. The molecule has 0 bridgehead atoms. The molecule has 2 atom stereocenters. The van der Waals surface area contributed by atoms with Crippen molar-refractivity contribution in [3.63, 3.8) is 0 Å². The minimum atomic E-state index is -0.447. The summed E-state index contributed by atoms with van der Waals surface area (Å²) in [6, 6.07) is 72.5. The van der Waals surface area contributed by atoms with Crippen LogP contribution in [0.1, 0.15) is 58.7 Å². The number of nitrogens with zero attached hydrogens (tertiary/aromatic N) is 1. The average Bonchev–Trinajstić information content (AvgIpc) is 4.03. The van der Waals surface area contributed by atoms with Crippen molar-refractivity contribution in [1.29, 1.82) is 0 Å². The lowest BCUT2D eigenvalue weighted by atomic mass is 9.70. The van der Waals surface area contributed by atoms with E-state index < -0.39 is 5.41 Å². The maximum Gasteiger partial charge on any atom is 0.128 e. The number of ether oxygens (including phenoxy) is 1. The van der Waals surface area contributed by atoms with Crippen LogP contribution in [0.2, 0.25) is 0 Å². The molecule has 4 aliphatic carbocycles. The first-order chi connectivity index (χ1) is 31.5. The third kappa shape index (κ3) is 4.65. The van der Waals surface area contributed by atoms with Crippen LogP contribution in [0.3, 0.4) is 0 Å². The molecule has 1 aliphatic heterocycles. The molecule has 0 aromatic heterocycles. The lowest BCUT2D eigenvalue weighted by Gasteiger charge is -2.34. The predicted octanol–water partition coefficient (Wildman–Crippen LogP) is 15.3. The average molecular weight is 818 g/mol. The number of allylic oxidation sites excluding steroid dienone is 1. The number of fused-ring (bicyclic) bond motifs is 18. The zero-order chi connectivity index (χ0) is 42.3. The van der Waals surface area contributed by atoms with Crippen LogP contribution in [0.15, 0.2) is 218 Å². The van der Waals surface area contributed by atoms with Crippen molar-refractivity contribution in [2.24, 2.45) is 0 Å². The summed E-state index contributed by atoms with van der Waals surface area (Å²) in [5, 5.41) is 2.50. The molecule has 0 saturated heterocycles. The second-order valence-electron chi connectivity index (χ2n) is 18.7. The Hall–Kier alpha value is -7.68. The van der Waals surface area contributed by atoms with E-state index >= 15 is 0 Å². The van der Waals surface area contributed by atoms with Gasteiger partial charge in [-0.3, -0.25) is 0 Å². The number of hydrogen-bond acceptors (Lipinski definition) is 2. The number of rotatable bonds is 4. The molecule has 0 radical (unpaired) electrons. The maximum atomic E-state index is 6.92. The second-order valence-corrected chi connectivity index (χ2v) is 18.7. The van der Waals surface area contributed by atoms with Gasteiger partial charge in [0.2, 0.25) is 0 Å². The standard InChI is InChI=1S/C62H43NO/c1-61(2)52-24-12-8-19-43(52)47-31-28-40(35-56(47)61)63(39-30-33-58-51(34-39)60-49-23-7-6-18-42(49)50(37-59(60)64-58)38-16-4-3-5-17-38)41-29-32-48-46-22-11-15-27-55(46)62(57(48)36-41)53-25-13-9-20-44(53)45-21-10-14-26-54(45)62/h3-37,51,58H,1-2H3. The van der Waals surface area contributed by atoms with Crippen LogP contribution in [0, 0.1) is 0 Å². The van der Waals surface area contributed by atoms with Gasteiger partial charge in [0.15, 0.2) is 0 Å². The van der Waals surface area contributed by atoms with Crippen molar-refractivity contribution in [1.82, 2.24) is 0 Å². The molecule has 0 amide bonds. The highest BCUT2D eigenvalue weighted by Crippen LogP contribution is 2.63. The SMILES string of the molecule is CC1(C)c2ccccc2-c2ccc(N(C3=CC4c5c(cc(-c6ccccc6)c6ccccc56)OC4C=C3)c3ccc4c(c3)C3(c5ccccc5-c5ccccc53)c3ccccc3-4)cc21. The Kier molecular flexibility index (Phi) is 7.25. The van der Waals surface area contributed by atoms with Crippen LogP contribution >= 0.6 is 0 Å². The molecule has 14 rings (SSSR count). The lowest BCUT2D eigenvalue weighted by molar-refractivity contribution is 0.268. The van der Waals surface area contributed by atoms with Crippen molar-refractivity contribution in [3.05, 3.63) is 257 Å². The van der Waals surface area contributed by atoms with Gasteiger partial charge in [-0.25, -0.2) is 0 Å². The summed E-state index contributed by atoms with van der Waals surface area (Å²) in [5.74, 6) is 0.995. The Morgan fingerprint density at radius 3 is 1.58 bits per heavy atom. The van der Waals surface area contributed by atoms with Gasteiger partial charge < -0.3 is 9.64 Å². The molecule has 2 unspecified atom stereocenters. The third-order valence-corrected chi connectivity index (χ3v) is 15.2. The van der Waals surface area contributed by atoms with Crippen molar-refractivity contribution in [2.45, 2.75) is 36.7 Å². The first kappa shape index (κ1) is 35.9. The minimum absolute atomic E-state index is 0.0287. The minimum Gasteiger partial charge on any atom is -0.485 e. The third-order valence-electron chi connectivity index (χ3n) is 15.2. The molecule has 302 valence electrons. The summed E-state index contributed by atoms with van der Waals surface area (Å²) < 4.78 is 6.92. The summed E-state index contributed by atoms with van der Waals surface area (Å²) in [6.45, 7) is 4.76. The Labute approximate surface area is 374 Å². The zero-order valence-corrected chi connectivity index (χ0v) is 35.7. The van der Waals surface area contributed by atoms with E-state index in [-0.39, 0.29) is 17.4 Å². The smallest absolute Gasteiger partial charge is 0.128 e. The molecule has 0 fully saturated rings. The Morgan fingerprint density at radius 2 is 0.938 bits per heavy atom. The fourth-order valence-electron chi connectivity index (χ4n) is 12.5. The lowest BCUT2D eigenvalue weighted by Crippen LogP contribution is -2.27. The van der Waals surface area contributed by atoms with E-state index in [1.54, 1.807) is 0 Å². The van der Waals surface area contributed by atoms with E-state index in [9.17, 15) is 0 Å². The monoisotopic (exact) mass is 817 g/mol. The van der Waals surface area contributed by atoms with Gasteiger partial charge >= 0.3 is 0 Å². The molecular weight excluding hydrogens is 775 g/mol. The van der Waals surface area contributed by atoms with E-state index in [0.717, 1.165) is 22.8 Å². The Morgan fingerprint density at radius 1 is 0.438 bits per heavy atom. The topological polar surface area (TPSA) is 12.5 Å². The fourth-order valence-corrected chi connectivity index (χ4v) is 12.5. The first-order valence-electron chi connectivity index (χ1n) is 22.7. The predicted molar refractivity (Wildman–Crippen MR) is 263 cm³/mol. The molecule has 2 heteroatoms. The molecule has 5 aliphatic rings. The van der Waals surface area contributed by atoms with E-state index in [2.05, 4.69) is 231 Å². The van der Waals surface area contributed by atoms with Crippen LogP contribution in [-0.2, 0) is 10.8 Å². The van der Waals surface area contributed by atoms with Gasteiger partial charge in [0.05, 0.1) is 5.41 Å². The van der Waals surface area contributed by atoms with Crippen LogP contribution in [-0.4, -0.2) is 6.10 Å². The molecule has 0 N–H and O–H groups in total. The van der Waals surface area contributed by atoms with Gasteiger partial charge in [0, 0.05) is 34.0 Å². The highest BCUT2D eigenvalue weighted by atomic mass is 16.5. The van der Waals surface area contributed by atoms with Crippen LogP contribution in [0.25, 0.3) is 55.3 Å².